The van der Waals surface area contributed by atoms with E-state index >= 15 is 0 Å². The number of hydrogen-bond acceptors (Lipinski definition) is 5. The molecule has 0 bridgehead atoms. The molecule has 0 saturated carbocycles. The van der Waals surface area contributed by atoms with E-state index in [1.165, 1.54) is 0 Å². The highest BCUT2D eigenvalue weighted by atomic mass is 16.5. The number of amides is 2. The molecule has 5 aromatic carbocycles. The number of nitrogens with one attached hydrogen (secondary N) is 2. The van der Waals surface area contributed by atoms with E-state index in [1.54, 1.807) is 6.08 Å². The normalized spacial score (nSPS) is 13.0. The number of carbonyl (C=O) groups is 2. The Balaban J connectivity index is 0.933. The van der Waals surface area contributed by atoms with Crippen LogP contribution < -0.4 is 20.1 Å². The molecule has 7 nitrogen and oxygen atoms in total. The van der Waals surface area contributed by atoms with Crippen LogP contribution in [0, 0.1) is 0 Å². The van der Waals surface area contributed by atoms with Gasteiger partial charge in [-0.15, -0.1) is 0 Å². The monoisotopic (exact) mass is 651 g/mol. The van der Waals surface area contributed by atoms with Gasteiger partial charge < -0.3 is 25.0 Å². The van der Waals surface area contributed by atoms with Crippen LogP contribution in [0.3, 0.4) is 0 Å². The number of rotatable bonds is 12. The molecule has 0 atom stereocenters. The Hall–Kier alpha value is -5.82. The fraction of sp³-hybridized carbons (Fsp3) is 0.190. The molecule has 0 unspecified atom stereocenters. The van der Waals surface area contributed by atoms with Gasteiger partial charge in [0.25, 0.3) is 11.8 Å². The molecule has 2 amide bonds. The summed E-state index contributed by atoms with van der Waals surface area (Å²) in [6.45, 7) is 6.02. The first-order valence-corrected chi connectivity index (χ1v) is 16.6. The molecule has 2 N–H and O–H groups in total. The summed E-state index contributed by atoms with van der Waals surface area (Å²) in [4.78, 5) is 27.5. The highest BCUT2D eigenvalue weighted by Gasteiger charge is 2.24. The van der Waals surface area contributed by atoms with Gasteiger partial charge in [0.15, 0.2) is 0 Å². The Bertz CT molecular complexity index is 1860. The van der Waals surface area contributed by atoms with Crippen LogP contribution in [0.4, 0.5) is 5.69 Å². The van der Waals surface area contributed by atoms with Crippen molar-refractivity contribution in [3.8, 4) is 22.6 Å². The fourth-order valence-corrected chi connectivity index (χ4v) is 5.82. The van der Waals surface area contributed by atoms with Gasteiger partial charge in [-0.3, -0.25) is 9.59 Å². The quantitative estimate of drug-likeness (QED) is 0.142. The standard InChI is InChI=1S/C42H41N3O4/c1-3-30-7-11-36(12-8-30)42(47)45-25-23-40(24-26-45)49-39-19-9-31(10-20-39)29-48-38-21-17-34(18-22-38)33-13-15-35(16-14-33)41(46)44-28-32-5-4-6-37(27-32)43-2/h3-22,27,40,43H,1,23-26,28-29H2,2H3,(H,44,46). The smallest absolute Gasteiger partial charge is 0.253 e. The average Bonchev–Trinajstić information content (AvgIpc) is 3.17. The summed E-state index contributed by atoms with van der Waals surface area (Å²) in [5.74, 6) is 1.55. The molecule has 0 aromatic heterocycles. The molecule has 6 rings (SSSR count). The first-order valence-electron chi connectivity index (χ1n) is 16.6. The molecular weight excluding hydrogens is 610 g/mol. The minimum absolute atomic E-state index is 0.0618. The van der Waals surface area contributed by atoms with Crippen molar-refractivity contribution in [2.45, 2.75) is 32.1 Å². The Morgan fingerprint density at radius 2 is 1.41 bits per heavy atom. The van der Waals surface area contributed by atoms with Crippen molar-refractivity contribution in [3.05, 3.63) is 156 Å². The Morgan fingerprint density at radius 3 is 2.06 bits per heavy atom. The third kappa shape index (κ3) is 8.76. The van der Waals surface area contributed by atoms with Gasteiger partial charge in [-0.2, -0.15) is 0 Å². The van der Waals surface area contributed by atoms with E-state index in [1.807, 2.05) is 133 Å². The summed E-state index contributed by atoms with van der Waals surface area (Å²) in [6.07, 6.45) is 3.44. The fourth-order valence-electron chi connectivity index (χ4n) is 5.82. The van der Waals surface area contributed by atoms with Crippen molar-refractivity contribution in [2.24, 2.45) is 0 Å². The van der Waals surface area contributed by atoms with Crippen molar-refractivity contribution in [1.82, 2.24) is 10.2 Å². The second-order valence-electron chi connectivity index (χ2n) is 12.1. The van der Waals surface area contributed by atoms with Crippen LogP contribution in [0.2, 0.25) is 0 Å². The summed E-state index contributed by atoms with van der Waals surface area (Å²) in [6, 6.07) is 39.1. The first-order chi connectivity index (χ1) is 24.0. The van der Waals surface area contributed by atoms with Crippen LogP contribution >= 0.6 is 0 Å². The summed E-state index contributed by atoms with van der Waals surface area (Å²) < 4.78 is 12.3. The zero-order valence-electron chi connectivity index (χ0n) is 27.7. The van der Waals surface area contributed by atoms with E-state index in [0.29, 0.717) is 37.4 Å². The maximum atomic E-state index is 12.9. The summed E-state index contributed by atoms with van der Waals surface area (Å²) >= 11 is 0. The predicted octanol–water partition coefficient (Wildman–Crippen LogP) is 8.23. The van der Waals surface area contributed by atoms with E-state index in [-0.39, 0.29) is 17.9 Å². The lowest BCUT2D eigenvalue weighted by atomic mass is 10.0. The Kier molecular flexibility index (Phi) is 10.7. The molecule has 1 saturated heterocycles. The number of carbonyl (C=O) groups excluding carboxylic acids is 2. The minimum Gasteiger partial charge on any atom is -0.490 e. The molecule has 1 heterocycles. The molecule has 1 aliphatic rings. The van der Waals surface area contributed by atoms with Gasteiger partial charge in [0.05, 0.1) is 0 Å². The molecule has 0 radical (unpaired) electrons. The largest absolute Gasteiger partial charge is 0.490 e. The number of ether oxygens (including phenoxy) is 2. The van der Waals surface area contributed by atoms with Gasteiger partial charge in [0.2, 0.25) is 0 Å². The van der Waals surface area contributed by atoms with Crippen LogP contribution in [0.25, 0.3) is 17.2 Å². The van der Waals surface area contributed by atoms with Crippen molar-refractivity contribution in [2.75, 3.05) is 25.5 Å². The van der Waals surface area contributed by atoms with Crippen molar-refractivity contribution in [1.29, 1.82) is 0 Å². The van der Waals surface area contributed by atoms with Crippen LogP contribution in [-0.2, 0) is 13.2 Å². The second-order valence-corrected chi connectivity index (χ2v) is 12.1. The Morgan fingerprint density at radius 1 is 0.776 bits per heavy atom. The van der Waals surface area contributed by atoms with E-state index in [2.05, 4.69) is 17.2 Å². The van der Waals surface area contributed by atoms with Crippen LogP contribution in [0.5, 0.6) is 11.5 Å². The Labute approximate surface area is 288 Å². The lowest BCUT2D eigenvalue weighted by molar-refractivity contribution is 0.0595. The molecule has 0 spiro atoms. The topological polar surface area (TPSA) is 79.9 Å². The van der Waals surface area contributed by atoms with E-state index in [0.717, 1.165) is 57.8 Å². The average molecular weight is 652 g/mol. The van der Waals surface area contributed by atoms with Gasteiger partial charge >= 0.3 is 0 Å². The van der Waals surface area contributed by atoms with Crippen LogP contribution in [0.15, 0.2) is 128 Å². The predicted molar refractivity (Wildman–Crippen MR) is 196 cm³/mol. The number of benzene rings is 5. The molecule has 49 heavy (non-hydrogen) atoms. The van der Waals surface area contributed by atoms with Crippen LogP contribution in [0.1, 0.15) is 50.2 Å². The van der Waals surface area contributed by atoms with E-state index in [9.17, 15) is 9.59 Å². The zero-order valence-corrected chi connectivity index (χ0v) is 27.7. The number of anilines is 1. The lowest BCUT2D eigenvalue weighted by Gasteiger charge is -2.32. The summed E-state index contributed by atoms with van der Waals surface area (Å²) in [5.41, 5.74) is 7.49. The van der Waals surface area contributed by atoms with Crippen LogP contribution in [-0.4, -0.2) is 43.0 Å². The van der Waals surface area contributed by atoms with Gasteiger partial charge in [0.1, 0.15) is 24.2 Å². The lowest BCUT2D eigenvalue weighted by Crippen LogP contribution is -2.41. The van der Waals surface area contributed by atoms with Gasteiger partial charge in [-0.05, 0) is 88.5 Å². The van der Waals surface area contributed by atoms with Gasteiger partial charge in [-0.1, -0.05) is 73.3 Å². The minimum atomic E-state index is -0.106. The van der Waals surface area contributed by atoms with Crippen molar-refractivity contribution < 1.29 is 19.1 Å². The van der Waals surface area contributed by atoms with Crippen molar-refractivity contribution >= 4 is 23.6 Å². The first kappa shape index (κ1) is 33.1. The second kappa shape index (κ2) is 15.8. The van der Waals surface area contributed by atoms with Crippen molar-refractivity contribution in [3.63, 3.8) is 0 Å². The molecule has 5 aromatic rings. The maximum Gasteiger partial charge on any atom is 0.253 e. The van der Waals surface area contributed by atoms with E-state index < -0.39 is 0 Å². The molecule has 1 fully saturated rings. The number of nitrogens with zero attached hydrogens (tertiary/aromatic N) is 1. The molecule has 248 valence electrons. The zero-order chi connectivity index (χ0) is 34.0. The number of hydrogen-bond donors (Lipinski definition) is 2. The summed E-state index contributed by atoms with van der Waals surface area (Å²) in [5, 5.41) is 6.10. The van der Waals surface area contributed by atoms with Gasteiger partial charge in [-0.25, -0.2) is 0 Å². The third-order valence-corrected chi connectivity index (χ3v) is 8.76. The molecular formula is C42H41N3O4. The number of piperidine rings is 1. The van der Waals surface area contributed by atoms with Gasteiger partial charge in [0, 0.05) is 56.3 Å². The summed E-state index contributed by atoms with van der Waals surface area (Å²) in [7, 11) is 1.88. The maximum absolute atomic E-state index is 12.9. The molecule has 1 aliphatic heterocycles. The van der Waals surface area contributed by atoms with E-state index in [4.69, 9.17) is 9.47 Å². The highest BCUT2D eigenvalue weighted by Crippen LogP contribution is 2.25. The number of likely N-dealkylation sites (tertiary alicyclic amines) is 1. The molecule has 7 heteroatoms. The SMILES string of the molecule is C=Cc1ccc(C(=O)N2CCC(Oc3ccc(COc4ccc(-c5ccc(C(=O)NCc6cccc(NC)c6)cc5)cc4)cc3)CC2)cc1. The molecule has 0 aliphatic carbocycles. The highest BCUT2D eigenvalue weighted by molar-refractivity contribution is 5.95. The third-order valence-electron chi connectivity index (χ3n) is 8.76.